The van der Waals surface area contributed by atoms with Crippen LogP contribution in [0.25, 0.3) is 0 Å². The van der Waals surface area contributed by atoms with E-state index in [-0.39, 0.29) is 28.6 Å². The van der Waals surface area contributed by atoms with Crippen LogP contribution in [0.2, 0.25) is 0 Å². The number of carbonyl (C=O) groups excluding carboxylic acids is 1. The SMILES string of the molecule is COc1ncc(CBr)c(OC(F)(F)F)c1C=O. The van der Waals surface area contributed by atoms with Gasteiger partial charge in [-0.05, 0) is 0 Å². The zero-order valence-corrected chi connectivity index (χ0v) is 10.1. The number of ether oxygens (including phenoxy) is 2. The molecule has 0 spiro atoms. The van der Waals surface area contributed by atoms with Crippen molar-refractivity contribution in [2.45, 2.75) is 11.7 Å². The molecule has 0 saturated heterocycles. The maximum atomic E-state index is 12.2. The predicted octanol–water partition coefficient (Wildman–Crippen LogP) is 2.70. The minimum absolute atomic E-state index is 0.0657. The van der Waals surface area contributed by atoms with Crippen molar-refractivity contribution < 1.29 is 27.4 Å². The smallest absolute Gasteiger partial charge is 0.480 e. The summed E-state index contributed by atoms with van der Waals surface area (Å²) in [5, 5.41) is 0.0657. The van der Waals surface area contributed by atoms with Crippen LogP contribution < -0.4 is 9.47 Å². The first kappa shape index (κ1) is 13.8. The average Bonchev–Trinajstić information content (AvgIpc) is 2.26. The molecule has 0 aromatic carbocycles. The second-order valence-electron chi connectivity index (χ2n) is 2.83. The van der Waals surface area contributed by atoms with Crippen LogP contribution >= 0.6 is 15.9 Å². The van der Waals surface area contributed by atoms with Gasteiger partial charge in [0.2, 0.25) is 5.88 Å². The topological polar surface area (TPSA) is 48.4 Å². The number of aromatic nitrogens is 1. The Kier molecular flexibility index (Phi) is 4.33. The molecule has 0 unspecified atom stereocenters. The summed E-state index contributed by atoms with van der Waals surface area (Å²) in [4.78, 5) is 14.5. The zero-order valence-electron chi connectivity index (χ0n) is 8.55. The Morgan fingerprint density at radius 3 is 2.59 bits per heavy atom. The molecule has 0 bridgehead atoms. The summed E-state index contributed by atoms with van der Waals surface area (Å²) in [6.45, 7) is 0. The molecular formula is C9H7BrF3NO3. The summed E-state index contributed by atoms with van der Waals surface area (Å²) >= 11 is 2.98. The monoisotopic (exact) mass is 313 g/mol. The van der Waals surface area contributed by atoms with Crippen molar-refractivity contribution in [3.05, 3.63) is 17.3 Å². The second kappa shape index (κ2) is 5.35. The van der Waals surface area contributed by atoms with Crippen LogP contribution in [0.15, 0.2) is 6.20 Å². The molecule has 0 aliphatic rings. The molecule has 1 rings (SSSR count). The third-order valence-electron chi connectivity index (χ3n) is 1.78. The Morgan fingerprint density at radius 2 is 2.18 bits per heavy atom. The number of rotatable bonds is 4. The van der Waals surface area contributed by atoms with E-state index in [9.17, 15) is 18.0 Å². The molecule has 0 aliphatic carbocycles. The first-order chi connectivity index (χ1) is 7.92. The highest BCUT2D eigenvalue weighted by molar-refractivity contribution is 9.08. The van der Waals surface area contributed by atoms with Gasteiger partial charge in [-0.3, -0.25) is 4.79 Å². The van der Waals surface area contributed by atoms with E-state index in [1.54, 1.807) is 0 Å². The number of hydrogen-bond acceptors (Lipinski definition) is 4. The quantitative estimate of drug-likeness (QED) is 0.633. The molecule has 0 radical (unpaired) electrons. The van der Waals surface area contributed by atoms with Crippen molar-refractivity contribution in [1.82, 2.24) is 4.98 Å². The van der Waals surface area contributed by atoms with Crippen molar-refractivity contribution >= 4 is 22.2 Å². The highest BCUT2D eigenvalue weighted by atomic mass is 79.9. The fourth-order valence-corrected chi connectivity index (χ4v) is 1.53. The van der Waals surface area contributed by atoms with E-state index < -0.39 is 12.1 Å². The lowest BCUT2D eigenvalue weighted by Gasteiger charge is -2.15. The molecule has 0 fully saturated rings. The van der Waals surface area contributed by atoms with Crippen LogP contribution in [0.4, 0.5) is 13.2 Å². The van der Waals surface area contributed by atoms with Gasteiger partial charge >= 0.3 is 6.36 Å². The van der Waals surface area contributed by atoms with Crippen molar-refractivity contribution in [2.24, 2.45) is 0 Å². The van der Waals surface area contributed by atoms with Gasteiger partial charge in [0.15, 0.2) is 12.0 Å². The summed E-state index contributed by atoms with van der Waals surface area (Å²) in [6, 6.07) is 0. The van der Waals surface area contributed by atoms with Crippen molar-refractivity contribution in [1.29, 1.82) is 0 Å². The number of aldehydes is 1. The number of alkyl halides is 4. The van der Waals surface area contributed by atoms with Gasteiger partial charge in [0.05, 0.1) is 7.11 Å². The van der Waals surface area contributed by atoms with Gasteiger partial charge in [-0.2, -0.15) is 0 Å². The Balaban J connectivity index is 3.35. The van der Waals surface area contributed by atoms with Crippen LogP contribution in [-0.2, 0) is 5.33 Å². The van der Waals surface area contributed by atoms with E-state index in [4.69, 9.17) is 0 Å². The van der Waals surface area contributed by atoms with Crippen molar-refractivity contribution in [3.63, 3.8) is 0 Å². The second-order valence-corrected chi connectivity index (χ2v) is 3.40. The van der Waals surface area contributed by atoms with Crippen LogP contribution in [0.1, 0.15) is 15.9 Å². The molecule has 17 heavy (non-hydrogen) atoms. The molecule has 0 saturated carbocycles. The fraction of sp³-hybridized carbons (Fsp3) is 0.333. The fourth-order valence-electron chi connectivity index (χ4n) is 1.13. The summed E-state index contributed by atoms with van der Waals surface area (Å²) in [6.07, 6.45) is -3.54. The number of hydrogen-bond donors (Lipinski definition) is 0. The van der Waals surface area contributed by atoms with Gasteiger partial charge < -0.3 is 9.47 Å². The average molecular weight is 314 g/mol. The molecule has 1 heterocycles. The first-order valence-electron chi connectivity index (χ1n) is 4.25. The third kappa shape index (κ3) is 3.32. The Morgan fingerprint density at radius 1 is 1.53 bits per heavy atom. The third-order valence-corrected chi connectivity index (χ3v) is 2.38. The first-order valence-corrected chi connectivity index (χ1v) is 5.37. The van der Waals surface area contributed by atoms with E-state index in [0.717, 1.165) is 6.20 Å². The summed E-state index contributed by atoms with van der Waals surface area (Å²) < 4.78 is 45.1. The maximum Gasteiger partial charge on any atom is 0.573 e. The Bertz CT molecular complexity index is 423. The molecule has 0 aliphatic heterocycles. The van der Waals surface area contributed by atoms with E-state index in [2.05, 4.69) is 30.4 Å². The maximum absolute atomic E-state index is 12.2. The molecule has 1 aromatic heterocycles. The summed E-state index contributed by atoms with van der Waals surface area (Å²) in [5.74, 6) is -0.819. The lowest BCUT2D eigenvalue weighted by Crippen LogP contribution is -2.19. The Labute approximate surface area is 103 Å². The number of pyridine rings is 1. The van der Waals surface area contributed by atoms with Crippen LogP contribution in [-0.4, -0.2) is 24.7 Å². The molecule has 0 N–H and O–H groups in total. The van der Waals surface area contributed by atoms with E-state index >= 15 is 0 Å². The minimum Gasteiger partial charge on any atom is -0.480 e. The molecule has 0 amide bonds. The number of halogens is 4. The van der Waals surface area contributed by atoms with Crippen molar-refractivity contribution in [2.75, 3.05) is 7.11 Å². The highest BCUT2D eigenvalue weighted by Gasteiger charge is 2.34. The van der Waals surface area contributed by atoms with Gasteiger partial charge in [-0.25, -0.2) is 4.98 Å². The number of carbonyl (C=O) groups is 1. The summed E-state index contributed by atoms with van der Waals surface area (Å²) in [7, 11) is 1.19. The molecule has 94 valence electrons. The largest absolute Gasteiger partial charge is 0.573 e. The van der Waals surface area contributed by atoms with Gasteiger partial charge in [-0.1, -0.05) is 15.9 Å². The van der Waals surface area contributed by atoms with Gasteiger partial charge in [-0.15, -0.1) is 13.2 Å². The summed E-state index contributed by atoms with van der Waals surface area (Å²) in [5.41, 5.74) is -0.271. The van der Waals surface area contributed by atoms with Crippen LogP contribution in [0.5, 0.6) is 11.6 Å². The normalized spacial score (nSPS) is 11.1. The Hall–Kier alpha value is -1.31. The van der Waals surface area contributed by atoms with E-state index in [1.807, 2.05) is 0 Å². The standard InChI is InChI=1S/C9H7BrF3NO3/c1-16-8-6(4-15)7(17-9(11,12)13)5(2-10)3-14-8/h3-4H,2H2,1H3. The highest BCUT2D eigenvalue weighted by Crippen LogP contribution is 2.34. The van der Waals surface area contributed by atoms with Crippen LogP contribution in [0, 0.1) is 0 Å². The zero-order chi connectivity index (χ0) is 13.1. The molecule has 0 atom stereocenters. The predicted molar refractivity (Wildman–Crippen MR) is 55.5 cm³/mol. The lowest BCUT2D eigenvalue weighted by atomic mass is 10.2. The van der Waals surface area contributed by atoms with Crippen molar-refractivity contribution in [3.8, 4) is 11.6 Å². The molecule has 4 nitrogen and oxygen atoms in total. The van der Waals surface area contributed by atoms with Gasteiger partial charge in [0.25, 0.3) is 0 Å². The molecule has 1 aromatic rings. The van der Waals surface area contributed by atoms with E-state index in [1.165, 1.54) is 7.11 Å². The molecular weight excluding hydrogens is 307 g/mol. The minimum atomic E-state index is -4.89. The lowest BCUT2D eigenvalue weighted by molar-refractivity contribution is -0.275. The number of methoxy groups -OCH3 is 1. The van der Waals surface area contributed by atoms with Gasteiger partial charge in [0, 0.05) is 17.1 Å². The number of nitrogens with zero attached hydrogens (tertiary/aromatic N) is 1. The molecule has 8 heteroatoms. The van der Waals surface area contributed by atoms with Crippen LogP contribution in [0.3, 0.4) is 0 Å². The van der Waals surface area contributed by atoms with E-state index in [0.29, 0.717) is 0 Å². The van der Waals surface area contributed by atoms with Gasteiger partial charge in [0.1, 0.15) is 5.56 Å².